The lowest BCUT2D eigenvalue weighted by Gasteiger charge is -2.27. The van der Waals surface area contributed by atoms with Crippen LogP contribution < -0.4 is 15.4 Å². The van der Waals surface area contributed by atoms with E-state index in [0.29, 0.717) is 11.7 Å². The molecule has 1 fully saturated rings. The number of rotatable bonds is 4. The van der Waals surface area contributed by atoms with Crippen molar-refractivity contribution < 1.29 is 19.4 Å². The van der Waals surface area contributed by atoms with Crippen LogP contribution in [0.4, 0.5) is 5.69 Å². The maximum atomic E-state index is 12.2. The van der Waals surface area contributed by atoms with E-state index in [1.807, 2.05) is 0 Å². The molecule has 0 bridgehead atoms. The predicted molar refractivity (Wildman–Crippen MR) is 78.8 cm³/mol. The van der Waals surface area contributed by atoms with E-state index in [-0.39, 0.29) is 23.1 Å². The smallest absolute Gasteiger partial charge is 0.339 e. The van der Waals surface area contributed by atoms with Crippen LogP contribution in [-0.2, 0) is 4.79 Å². The maximum Gasteiger partial charge on any atom is 0.339 e. The number of amides is 1. The lowest BCUT2D eigenvalue weighted by atomic mass is 9.92. The van der Waals surface area contributed by atoms with Crippen LogP contribution in [0, 0.1) is 5.92 Å². The second-order valence-electron chi connectivity index (χ2n) is 5.29. The van der Waals surface area contributed by atoms with Crippen LogP contribution in [0.1, 0.15) is 30.1 Å². The first-order valence-corrected chi connectivity index (χ1v) is 6.97. The minimum Gasteiger partial charge on any atom is -0.496 e. The van der Waals surface area contributed by atoms with Gasteiger partial charge >= 0.3 is 5.97 Å². The Morgan fingerprint density at radius 3 is 2.81 bits per heavy atom. The number of carbonyl (C=O) groups is 2. The molecule has 1 aliphatic rings. The standard InChI is InChI=1S/C15H20N2O4/c1-9-7-10(5-6-16-9)14(18)17-11-3-4-12(15(19)20)13(8-11)21-2/h3-4,8-10,16H,5-7H2,1-2H3,(H,17,18)(H,19,20). The average molecular weight is 292 g/mol. The number of carbonyl (C=O) groups excluding carboxylic acids is 1. The quantitative estimate of drug-likeness (QED) is 0.786. The van der Waals surface area contributed by atoms with Gasteiger partial charge in [0.25, 0.3) is 0 Å². The Labute approximate surface area is 123 Å². The molecular weight excluding hydrogens is 272 g/mol. The Hall–Kier alpha value is -2.08. The average Bonchev–Trinajstić information content (AvgIpc) is 2.46. The Kier molecular flexibility index (Phi) is 4.80. The van der Waals surface area contributed by atoms with Crippen LogP contribution in [0.3, 0.4) is 0 Å². The second-order valence-corrected chi connectivity index (χ2v) is 5.29. The molecule has 0 saturated carbocycles. The van der Waals surface area contributed by atoms with Gasteiger partial charge in [-0.1, -0.05) is 0 Å². The molecule has 1 heterocycles. The van der Waals surface area contributed by atoms with Crippen LogP contribution in [0.15, 0.2) is 18.2 Å². The summed E-state index contributed by atoms with van der Waals surface area (Å²) in [5.74, 6) is -0.879. The van der Waals surface area contributed by atoms with Gasteiger partial charge in [-0.25, -0.2) is 4.79 Å². The van der Waals surface area contributed by atoms with Crippen molar-refractivity contribution in [1.82, 2.24) is 5.32 Å². The van der Waals surface area contributed by atoms with Crippen molar-refractivity contribution in [1.29, 1.82) is 0 Å². The molecule has 1 amide bonds. The van der Waals surface area contributed by atoms with Crippen molar-refractivity contribution in [3.8, 4) is 5.75 Å². The third kappa shape index (κ3) is 3.72. The van der Waals surface area contributed by atoms with Crippen molar-refractivity contribution in [2.45, 2.75) is 25.8 Å². The van der Waals surface area contributed by atoms with E-state index >= 15 is 0 Å². The van der Waals surface area contributed by atoms with E-state index in [1.54, 1.807) is 6.07 Å². The molecule has 0 radical (unpaired) electrons. The van der Waals surface area contributed by atoms with E-state index in [4.69, 9.17) is 9.84 Å². The first-order valence-electron chi connectivity index (χ1n) is 6.97. The lowest BCUT2D eigenvalue weighted by molar-refractivity contribution is -0.120. The predicted octanol–water partition coefficient (Wildman–Crippen LogP) is 1.72. The Bertz CT molecular complexity index is 544. The fourth-order valence-electron chi connectivity index (χ4n) is 2.56. The van der Waals surface area contributed by atoms with Gasteiger partial charge in [-0.05, 0) is 38.4 Å². The first kappa shape index (κ1) is 15.3. The molecule has 3 N–H and O–H groups in total. The summed E-state index contributed by atoms with van der Waals surface area (Å²) in [5, 5.41) is 15.2. The number of methoxy groups -OCH3 is 1. The highest BCUT2D eigenvalue weighted by atomic mass is 16.5. The van der Waals surface area contributed by atoms with Crippen LogP contribution in [-0.4, -0.2) is 36.7 Å². The number of benzene rings is 1. The van der Waals surface area contributed by atoms with Gasteiger partial charge in [0.1, 0.15) is 11.3 Å². The number of aromatic carboxylic acids is 1. The number of carboxylic acid groups (broad SMARTS) is 1. The molecule has 2 unspecified atom stereocenters. The lowest BCUT2D eigenvalue weighted by Crippen LogP contribution is -2.40. The van der Waals surface area contributed by atoms with Crippen molar-refractivity contribution >= 4 is 17.6 Å². The van der Waals surface area contributed by atoms with Gasteiger partial charge in [0.15, 0.2) is 0 Å². The van der Waals surface area contributed by atoms with E-state index in [0.717, 1.165) is 19.4 Å². The molecule has 6 nitrogen and oxygen atoms in total. The van der Waals surface area contributed by atoms with E-state index in [9.17, 15) is 9.59 Å². The molecular formula is C15H20N2O4. The number of piperidine rings is 1. The largest absolute Gasteiger partial charge is 0.496 e. The highest BCUT2D eigenvalue weighted by Crippen LogP contribution is 2.25. The highest BCUT2D eigenvalue weighted by Gasteiger charge is 2.25. The SMILES string of the molecule is COc1cc(NC(=O)C2CCNC(C)C2)ccc1C(=O)O. The van der Waals surface area contributed by atoms with Crippen LogP contribution >= 0.6 is 0 Å². The minimum atomic E-state index is -1.06. The summed E-state index contributed by atoms with van der Waals surface area (Å²) < 4.78 is 5.05. The van der Waals surface area contributed by atoms with Crippen LogP contribution in [0.2, 0.25) is 0 Å². The van der Waals surface area contributed by atoms with E-state index < -0.39 is 5.97 Å². The molecule has 1 aromatic carbocycles. The summed E-state index contributed by atoms with van der Waals surface area (Å²) in [6.07, 6.45) is 1.61. The van der Waals surface area contributed by atoms with E-state index in [2.05, 4.69) is 17.6 Å². The highest BCUT2D eigenvalue weighted by molar-refractivity contribution is 5.95. The second kappa shape index (κ2) is 6.58. The van der Waals surface area contributed by atoms with Crippen molar-refractivity contribution in [2.75, 3.05) is 19.0 Å². The molecule has 0 aromatic heterocycles. The van der Waals surface area contributed by atoms with Crippen molar-refractivity contribution in [3.05, 3.63) is 23.8 Å². The summed E-state index contributed by atoms with van der Waals surface area (Å²) in [7, 11) is 1.40. The number of nitrogens with one attached hydrogen (secondary N) is 2. The molecule has 0 spiro atoms. The number of hydrogen-bond donors (Lipinski definition) is 3. The molecule has 1 aliphatic heterocycles. The van der Waals surface area contributed by atoms with Gasteiger partial charge in [0, 0.05) is 23.7 Å². The number of hydrogen-bond acceptors (Lipinski definition) is 4. The van der Waals surface area contributed by atoms with Crippen molar-refractivity contribution in [3.63, 3.8) is 0 Å². The summed E-state index contributed by atoms with van der Waals surface area (Å²) in [6, 6.07) is 4.88. The Balaban J connectivity index is 2.08. The Morgan fingerprint density at radius 2 is 2.19 bits per heavy atom. The monoisotopic (exact) mass is 292 g/mol. The van der Waals surface area contributed by atoms with Gasteiger partial charge in [-0.15, -0.1) is 0 Å². The van der Waals surface area contributed by atoms with Gasteiger partial charge in [0.2, 0.25) is 5.91 Å². The van der Waals surface area contributed by atoms with E-state index in [1.165, 1.54) is 19.2 Å². The molecule has 6 heteroatoms. The summed E-state index contributed by atoms with van der Waals surface area (Å²) in [5.41, 5.74) is 0.624. The zero-order chi connectivity index (χ0) is 15.4. The van der Waals surface area contributed by atoms with Gasteiger partial charge in [-0.3, -0.25) is 4.79 Å². The topological polar surface area (TPSA) is 87.7 Å². The maximum absolute atomic E-state index is 12.2. The van der Waals surface area contributed by atoms with Gasteiger partial charge in [-0.2, -0.15) is 0 Å². The molecule has 1 saturated heterocycles. The molecule has 1 aromatic rings. The Morgan fingerprint density at radius 1 is 1.43 bits per heavy atom. The number of anilines is 1. The number of ether oxygens (including phenoxy) is 1. The minimum absolute atomic E-state index is 0.0219. The molecule has 0 aliphatic carbocycles. The van der Waals surface area contributed by atoms with Crippen LogP contribution in [0.25, 0.3) is 0 Å². The summed E-state index contributed by atoms with van der Waals surface area (Å²) in [4.78, 5) is 23.3. The zero-order valence-electron chi connectivity index (χ0n) is 12.2. The summed E-state index contributed by atoms with van der Waals surface area (Å²) >= 11 is 0. The first-order chi connectivity index (χ1) is 10.0. The fourth-order valence-corrected chi connectivity index (χ4v) is 2.56. The van der Waals surface area contributed by atoms with Crippen molar-refractivity contribution in [2.24, 2.45) is 5.92 Å². The molecule has 21 heavy (non-hydrogen) atoms. The summed E-state index contributed by atoms with van der Waals surface area (Å²) in [6.45, 7) is 2.89. The van der Waals surface area contributed by atoms with Gasteiger partial charge in [0.05, 0.1) is 7.11 Å². The normalized spacial score (nSPS) is 21.6. The van der Waals surface area contributed by atoms with Gasteiger partial charge < -0.3 is 20.5 Å². The van der Waals surface area contributed by atoms with Crippen LogP contribution in [0.5, 0.6) is 5.75 Å². The zero-order valence-corrected chi connectivity index (χ0v) is 12.2. The molecule has 114 valence electrons. The third-order valence-corrected chi connectivity index (χ3v) is 3.69. The molecule has 2 atom stereocenters. The molecule has 2 rings (SSSR count). The fraction of sp³-hybridized carbons (Fsp3) is 0.467. The third-order valence-electron chi connectivity index (χ3n) is 3.69. The number of carboxylic acids is 1.